The van der Waals surface area contributed by atoms with E-state index < -0.39 is 0 Å². The Balaban J connectivity index is 1.35. The quantitative estimate of drug-likeness (QED) is 0.556. The fourth-order valence-electron chi connectivity index (χ4n) is 2.54. The minimum Gasteiger partial charge on any atom is -0.486 e. The van der Waals surface area contributed by atoms with Crippen LogP contribution in [0.15, 0.2) is 47.4 Å². The van der Waals surface area contributed by atoms with E-state index in [0.29, 0.717) is 49.2 Å². The molecule has 0 saturated carbocycles. The van der Waals surface area contributed by atoms with Crippen molar-refractivity contribution in [3.05, 3.63) is 53.1 Å². The summed E-state index contributed by atoms with van der Waals surface area (Å²) >= 11 is 7.93. The molecule has 0 saturated heterocycles. The van der Waals surface area contributed by atoms with Crippen LogP contribution in [-0.2, 0) is 6.42 Å². The number of nitrogens with one attached hydrogen (secondary N) is 2. The number of halogens is 1. The Morgan fingerprint density at radius 1 is 1.08 bits per heavy atom. The molecular formula is C19H21ClN2O3S. The summed E-state index contributed by atoms with van der Waals surface area (Å²) in [6, 6.07) is 13.7. The van der Waals surface area contributed by atoms with Gasteiger partial charge in [-0.15, -0.1) is 11.8 Å². The Labute approximate surface area is 162 Å². The molecule has 2 N–H and O–H groups in total. The second-order valence-corrected chi connectivity index (χ2v) is 7.27. The van der Waals surface area contributed by atoms with Crippen molar-refractivity contribution in [2.24, 2.45) is 0 Å². The normalized spacial score (nSPS) is 12.5. The SMILES string of the molecule is O=C(NCCSc1ccccc1)NCCc1cc(Cl)c2c(c1)OCCO2. The molecule has 1 heterocycles. The summed E-state index contributed by atoms with van der Waals surface area (Å²) in [6.07, 6.45) is 0.669. The highest BCUT2D eigenvalue weighted by molar-refractivity contribution is 7.99. The summed E-state index contributed by atoms with van der Waals surface area (Å²) in [5, 5.41) is 6.26. The average Bonchev–Trinajstić information content (AvgIpc) is 2.66. The first kappa shape index (κ1) is 18.7. The van der Waals surface area contributed by atoms with Crippen molar-refractivity contribution in [3.8, 4) is 11.5 Å². The number of benzene rings is 2. The van der Waals surface area contributed by atoms with E-state index in [2.05, 4.69) is 22.8 Å². The standard InChI is InChI=1S/C19H21ClN2O3S/c20-16-12-14(13-17-18(16)25-10-9-24-17)6-7-21-19(23)22-8-11-26-15-4-2-1-3-5-15/h1-5,12-13H,6-11H2,(H2,21,22,23). The highest BCUT2D eigenvalue weighted by Crippen LogP contribution is 2.38. The van der Waals surface area contributed by atoms with Gasteiger partial charge >= 0.3 is 6.03 Å². The Morgan fingerprint density at radius 3 is 2.69 bits per heavy atom. The third kappa shape index (κ3) is 5.47. The zero-order chi connectivity index (χ0) is 18.2. The molecular weight excluding hydrogens is 372 g/mol. The van der Waals surface area contributed by atoms with E-state index in [1.54, 1.807) is 11.8 Å². The maximum absolute atomic E-state index is 11.8. The van der Waals surface area contributed by atoms with E-state index in [0.717, 1.165) is 11.3 Å². The van der Waals surface area contributed by atoms with Crippen LogP contribution in [0.5, 0.6) is 11.5 Å². The van der Waals surface area contributed by atoms with Crippen LogP contribution in [-0.4, -0.2) is 38.1 Å². The van der Waals surface area contributed by atoms with E-state index in [-0.39, 0.29) is 6.03 Å². The van der Waals surface area contributed by atoms with Gasteiger partial charge < -0.3 is 20.1 Å². The smallest absolute Gasteiger partial charge is 0.314 e. The Hall–Kier alpha value is -2.05. The largest absolute Gasteiger partial charge is 0.486 e. The van der Waals surface area contributed by atoms with Gasteiger partial charge in [-0.3, -0.25) is 0 Å². The molecule has 0 bridgehead atoms. The minimum absolute atomic E-state index is 0.165. The van der Waals surface area contributed by atoms with E-state index in [1.165, 1.54) is 4.90 Å². The van der Waals surface area contributed by atoms with Crippen LogP contribution in [0.4, 0.5) is 4.79 Å². The molecule has 0 radical (unpaired) electrons. The maximum Gasteiger partial charge on any atom is 0.314 e. The summed E-state index contributed by atoms with van der Waals surface area (Å²) in [7, 11) is 0. The minimum atomic E-state index is -0.165. The van der Waals surface area contributed by atoms with Gasteiger partial charge in [0.15, 0.2) is 11.5 Å². The molecule has 1 aliphatic heterocycles. The average molecular weight is 393 g/mol. The fraction of sp³-hybridized carbons (Fsp3) is 0.316. The first-order valence-corrected chi connectivity index (χ1v) is 9.86. The molecule has 3 rings (SSSR count). The molecule has 7 heteroatoms. The van der Waals surface area contributed by atoms with E-state index in [4.69, 9.17) is 21.1 Å². The van der Waals surface area contributed by atoms with Gasteiger partial charge in [0.25, 0.3) is 0 Å². The van der Waals surface area contributed by atoms with Gasteiger partial charge in [-0.2, -0.15) is 0 Å². The van der Waals surface area contributed by atoms with Gasteiger partial charge in [-0.25, -0.2) is 4.79 Å². The van der Waals surface area contributed by atoms with Crippen molar-refractivity contribution >= 4 is 29.4 Å². The molecule has 0 fully saturated rings. The number of carbonyl (C=O) groups excluding carboxylic acids is 1. The molecule has 0 spiro atoms. The van der Waals surface area contributed by atoms with Crippen LogP contribution in [0, 0.1) is 0 Å². The van der Waals surface area contributed by atoms with E-state index >= 15 is 0 Å². The van der Waals surface area contributed by atoms with Gasteiger partial charge in [0.05, 0.1) is 5.02 Å². The van der Waals surface area contributed by atoms with Crippen LogP contribution in [0.3, 0.4) is 0 Å². The highest BCUT2D eigenvalue weighted by atomic mass is 35.5. The molecule has 2 aromatic carbocycles. The van der Waals surface area contributed by atoms with Crippen molar-refractivity contribution < 1.29 is 14.3 Å². The molecule has 2 amide bonds. The monoisotopic (exact) mass is 392 g/mol. The summed E-state index contributed by atoms with van der Waals surface area (Å²) in [5.41, 5.74) is 0.999. The maximum atomic E-state index is 11.8. The van der Waals surface area contributed by atoms with Crippen molar-refractivity contribution in [3.63, 3.8) is 0 Å². The zero-order valence-electron chi connectivity index (χ0n) is 14.3. The molecule has 138 valence electrons. The number of hydrogen-bond donors (Lipinski definition) is 2. The van der Waals surface area contributed by atoms with Crippen LogP contribution in [0.1, 0.15) is 5.56 Å². The zero-order valence-corrected chi connectivity index (χ0v) is 15.9. The number of ether oxygens (including phenoxy) is 2. The summed E-state index contributed by atoms with van der Waals surface area (Å²) in [5.74, 6) is 2.10. The lowest BCUT2D eigenvalue weighted by atomic mass is 10.1. The van der Waals surface area contributed by atoms with Crippen molar-refractivity contribution in [2.45, 2.75) is 11.3 Å². The summed E-state index contributed by atoms with van der Waals surface area (Å²) in [4.78, 5) is 13.0. The molecule has 5 nitrogen and oxygen atoms in total. The van der Waals surface area contributed by atoms with Gasteiger partial charge in [-0.05, 0) is 36.2 Å². The predicted molar refractivity (Wildman–Crippen MR) is 105 cm³/mol. The van der Waals surface area contributed by atoms with Gasteiger partial charge in [0, 0.05) is 23.7 Å². The molecule has 0 atom stereocenters. The lowest BCUT2D eigenvalue weighted by Crippen LogP contribution is -2.37. The van der Waals surface area contributed by atoms with Gasteiger partial charge in [0.2, 0.25) is 0 Å². The molecule has 1 aliphatic rings. The lowest BCUT2D eigenvalue weighted by Gasteiger charge is -2.20. The van der Waals surface area contributed by atoms with Crippen LogP contribution < -0.4 is 20.1 Å². The van der Waals surface area contributed by atoms with Gasteiger partial charge in [0.1, 0.15) is 13.2 Å². The lowest BCUT2D eigenvalue weighted by molar-refractivity contribution is 0.171. The second kappa shape index (κ2) is 9.59. The Bertz CT molecular complexity index is 743. The van der Waals surface area contributed by atoms with E-state index in [1.807, 2.05) is 30.3 Å². The molecule has 26 heavy (non-hydrogen) atoms. The Morgan fingerprint density at radius 2 is 1.85 bits per heavy atom. The summed E-state index contributed by atoms with van der Waals surface area (Å²) < 4.78 is 11.1. The topological polar surface area (TPSA) is 59.6 Å². The number of urea groups is 1. The number of carbonyl (C=O) groups is 1. The highest BCUT2D eigenvalue weighted by Gasteiger charge is 2.16. The van der Waals surface area contributed by atoms with Crippen molar-refractivity contribution in [1.82, 2.24) is 10.6 Å². The number of fused-ring (bicyclic) bond motifs is 1. The molecule has 2 aromatic rings. The molecule has 0 unspecified atom stereocenters. The third-order valence-corrected chi connectivity index (χ3v) is 5.05. The summed E-state index contributed by atoms with van der Waals surface area (Å²) in [6.45, 7) is 2.17. The van der Waals surface area contributed by atoms with Crippen molar-refractivity contribution in [2.75, 3.05) is 32.1 Å². The number of rotatable bonds is 7. The fourth-order valence-corrected chi connectivity index (χ4v) is 3.62. The van der Waals surface area contributed by atoms with Crippen LogP contribution >= 0.6 is 23.4 Å². The predicted octanol–water partition coefficient (Wildman–Crippen LogP) is 3.75. The van der Waals surface area contributed by atoms with Gasteiger partial charge in [-0.1, -0.05) is 29.8 Å². The first-order chi connectivity index (χ1) is 12.7. The second-order valence-electron chi connectivity index (χ2n) is 5.70. The van der Waals surface area contributed by atoms with E-state index in [9.17, 15) is 4.79 Å². The van der Waals surface area contributed by atoms with Crippen LogP contribution in [0.25, 0.3) is 0 Å². The van der Waals surface area contributed by atoms with Crippen molar-refractivity contribution in [1.29, 1.82) is 0 Å². The molecule has 0 aliphatic carbocycles. The number of thioether (sulfide) groups is 1. The first-order valence-electron chi connectivity index (χ1n) is 8.50. The Kier molecular flexibility index (Phi) is 6.91. The van der Waals surface area contributed by atoms with Crippen LogP contribution in [0.2, 0.25) is 5.02 Å². The number of amides is 2. The molecule has 0 aromatic heterocycles. The third-order valence-electron chi connectivity index (χ3n) is 3.76. The number of hydrogen-bond acceptors (Lipinski definition) is 4.